The van der Waals surface area contributed by atoms with E-state index in [0.29, 0.717) is 0 Å². The van der Waals surface area contributed by atoms with Gasteiger partial charge in [0, 0.05) is 32.7 Å². The van der Waals surface area contributed by atoms with Gasteiger partial charge in [0.2, 0.25) is 5.79 Å². The molecule has 3 nitrogen and oxygen atoms in total. The average Bonchev–Trinajstić information content (AvgIpc) is 2.12. The Balaban J connectivity index is 0. The standard InChI is InChI=1S/C5H2F7O3.Y/c6-1-4(7,8)14-3(2-13,15-12)5(9,10)11;/h1H2;/q-1;. The first-order valence-corrected chi connectivity index (χ1v) is 3.04. The fourth-order valence-corrected chi connectivity index (χ4v) is 0.449. The SMILES string of the molecule is O=[C-]C(OF)(OC(F)(F)CF)C(F)(F)F.[Y]. The molecule has 0 fully saturated rings. The van der Waals surface area contributed by atoms with E-state index in [0.717, 1.165) is 0 Å². The first-order valence-electron chi connectivity index (χ1n) is 3.04. The normalized spacial score (nSPS) is 16.2. The number of alkyl halides is 6. The molecule has 0 aromatic carbocycles. The zero-order chi connectivity index (χ0) is 12.3. The molecule has 0 aromatic rings. The molecule has 0 heterocycles. The van der Waals surface area contributed by atoms with Crippen LogP contribution in [-0.4, -0.2) is 31.0 Å². The van der Waals surface area contributed by atoms with Crippen LogP contribution in [0, 0.1) is 0 Å². The Bertz CT molecular complexity index is 233. The molecule has 1 atom stereocenters. The third kappa shape index (κ3) is 4.23. The summed E-state index contributed by atoms with van der Waals surface area (Å²) in [5.74, 6) is -4.96. The summed E-state index contributed by atoms with van der Waals surface area (Å²) in [7, 11) is 0. The van der Waals surface area contributed by atoms with Gasteiger partial charge < -0.3 is 4.79 Å². The summed E-state index contributed by atoms with van der Waals surface area (Å²) in [5.41, 5.74) is 0. The van der Waals surface area contributed by atoms with Gasteiger partial charge in [0.25, 0.3) is 0 Å². The van der Waals surface area contributed by atoms with Crippen molar-refractivity contribution in [3.05, 3.63) is 0 Å². The molecule has 0 aliphatic heterocycles. The van der Waals surface area contributed by atoms with E-state index in [1.54, 1.807) is 0 Å². The summed E-state index contributed by atoms with van der Waals surface area (Å²) >= 11 is 0. The van der Waals surface area contributed by atoms with Gasteiger partial charge in [0.05, 0.1) is 0 Å². The molecule has 93 valence electrons. The largest absolute Gasteiger partial charge is 0.536 e. The van der Waals surface area contributed by atoms with Crippen molar-refractivity contribution in [2.45, 2.75) is 18.1 Å². The second-order valence-electron chi connectivity index (χ2n) is 2.17. The van der Waals surface area contributed by atoms with Gasteiger partial charge in [-0.3, -0.25) is 4.74 Å². The van der Waals surface area contributed by atoms with Gasteiger partial charge in [-0.25, -0.2) is 4.39 Å². The van der Waals surface area contributed by atoms with Crippen molar-refractivity contribution >= 4 is 6.29 Å². The zero-order valence-electron chi connectivity index (χ0n) is 7.15. The topological polar surface area (TPSA) is 35.5 Å². The molecule has 0 spiro atoms. The number of carbonyl (C=O) groups excluding carboxylic acids is 1. The third-order valence-electron chi connectivity index (χ3n) is 1.06. The maximum absolute atomic E-state index is 12.0. The minimum atomic E-state index is -5.97. The molecule has 0 rings (SSSR count). The smallest absolute Gasteiger partial charge is 0.419 e. The van der Waals surface area contributed by atoms with Crippen LogP contribution < -0.4 is 0 Å². The van der Waals surface area contributed by atoms with Crippen LogP contribution >= 0.6 is 0 Å². The molecule has 0 saturated carbocycles. The monoisotopic (exact) mass is 332 g/mol. The summed E-state index contributed by atoms with van der Waals surface area (Å²) in [6, 6.07) is 0. The van der Waals surface area contributed by atoms with Gasteiger partial charge in [-0.2, -0.15) is 33.2 Å². The van der Waals surface area contributed by atoms with Crippen LogP contribution in [0.2, 0.25) is 0 Å². The molecule has 16 heavy (non-hydrogen) atoms. The first-order chi connectivity index (χ1) is 6.64. The summed E-state index contributed by atoms with van der Waals surface area (Å²) < 4.78 is 85.0. The fraction of sp³-hybridized carbons (Fsp3) is 0.800. The second kappa shape index (κ2) is 6.22. The number of hydrogen-bond donors (Lipinski definition) is 0. The van der Waals surface area contributed by atoms with Crippen LogP contribution in [0.4, 0.5) is 30.9 Å². The van der Waals surface area contributed by atoms with E-state index in [1.165, 1.54) is 0 Å². The van der Waals surface area contributed by atoms with E-state index in [9.17, 15) is 35.7 Å². The summed E-state index contributed by atoms with van der Waals surface area (Å²) in [5, 5.41) is 0. The minimum absolute atomic E-state index is 0. The Hall–Kier alpha value is 0.204. The molecular formula is C5H2F7O3Y-. The number of hydrogen-bond acceptors (Lipinski definition) is 3. The van der Waals surface area contributed by atoms with Crippen LogP contribution in [0.3, 0.4) is 0 Å². The van der Waals surface area contributed by atoms with Crippen LogP contribution in [0.5, 0.6) is 0 Å². The zero-order valence-corrected chi connectivity index (χ0v) is 9.99. The number of ether oxygens (including phenoxy) is 1. The number of halogens is 7. The maximum Gasteiger partial charge on any atom is 0.419 e. The molecule has 0 aliphatic carbocycles. The van der Waals surface area contributed by atoms with E-state index >= 15 is 0 Å². The molecule has 0 N–H and O–H groups in total. The predicted molar refractivity (Wildman–Crippen MR) is 28.7 cm³/mol. The van der Waals surface area contributed by atoms with E-state index in [4.69, 9.17) is 0 Å². The molecule has 0 saturated heterocycles. The molecule has 0 bridgehead atoms. The molecule has 0 aromatic heterocycles. The molecule has 1 radical (unpaired) electrons. The van der Waals surface area contributed by atoms with Crippen molar-refractivity contribution < 1.29 is 78.1 Å². The Morgan fingerprint density at radius 2 is 1.56 bits per heavy atom. The molecule has 0 amide bonds. The van der Waals surface area contributed by atoms with Crippen molar-refractivity contribution in [1.29, 1.82) is 0 Å². The third-order valence-corrected chi connectivity index (χ3v) is 1.06. The van der Waals surface area contributed by atoms with Crippen molar-refractivity contribution in [2.24, 2.45) is 0 Å². The summed E-state index contributed by atoms with van der Waals surface area (Å²) in [4.78, 5) is 11.7. The maximum atomic E-state index is 12.0. The Labute approximate surface area is 109 Å². The molecule has 1 unspecified atom stereocenters. The fourth-order valence-electron chi connectivity index (χ4n) is 0.449. The minimum Gasteiger partial charge on any atom is -0.536 e. The van der Waals surface area contributed by atoms with Gasteiger partial charge in [-0.1, -0.05) is 0 Å². The van der Waals surface area contributed by atoms with Crippen LogP contribution in [0.1, 0.15) is 0 Å². The van der Waals surface area contributed by atoms with Crippen molar-refractivity contribution in [3.63, 3.8) is 0 Å². The van der Waals surface area contributed by atoms with E-state index in [-0.39, 0.29) is 39.0 Å². The second-order valence-corrected chi connectivity index (χ2v) is 2.17. The Kier molecular flexibility index (Phi) is 7.22. The molecular weight excluding hydrogens is 330 g/mol. The average molecular weight is 332 g/mol. The van der Waals surface area contributed by atoms with Crippen LogP contribution in [0.15, 0.2) is 0 Å². The summed E-state index contributed by atoms with van der Waals surface area (Å²) in [6.07, 6.45) is -11.2. The Morgan fingerprint density at radius 3 is 1.75 bits per heavy atom. The quantitative estimate of drug-likeness (QED) is 0.438. The van der Waals surface area contributed by atoms with Crippen molar-refractivity contribution in [3.8, 4) is 0 Å². The Morgan fingerprint density at radius 1 is 1.12 bits per heavy atom. The van der Waals surface area contributed by atoms with Crippen LogP contribution in [0.25, 0.3) is 0 Å². The first kappa shape index (κ1) is 18.6. The van der Waals surface area contributed by atoms with E-state index in [1.807, 2.05) is 4.94 Å². The van der Waals surface area contributed by atoms with Crippen LogP contribution in [-0.2, 0) is 47.2 Å². The van der Waals surface area contributed by atoms with E-state index in [2.05, 4.69) is 4.74 Å². The van der Waals surface area contributed by atoms with Gasteiger partial charge in [0.15, 0.2) is 6.67 Å². The predicted octanol–water partition coefficient (Wildman–Crippen LogP) is 1.83. The van der Waals surface area contributed by atoms with Crippen molar-refractivity contribution in [1.82, 2.24) is 0 Å². The van der Waals surface area contributed by atoms with Gasteiger partial charge in [0.1, 0.15) is 0 Å². The molecule has 0 aliphatic rings. The van der Waals surface area contributed by atoms with E-state index < -0.39 is 24.7 Å². The number of rotatable bonds is 5. The van der Waals surface area contributed by atoms with Gasteiger partial charge in [-0.15, -0.1) is 0 Å². The molecule has 11 heteroatoms. The van der Waals surface area contributed by atoms with Gasteiger partial charge >= 0.3 is 12.3 Å². The summed E-state index contributed by atoms with van der Waals surface area (Å²) in [6.45, 7) is -2.70. The van der Waals surface area contributed by atoms with Crippen molar-refractivity contribution in [2.75, 3.05) is 6.67 Å². The van der Waals surface area contributed by atoms with Gasteiger partial charge in [-0.05, 0) is 4.53 Å².